The number of benzene rings is 3. The maximum Gasteiger partial charge on any atom is 0.0726 e. The maximum atomic E-state index is 4.84. The normalized spacial score (nSPS) is 12.9. The fraction of sp³-hybridized carbons (Fsp3) is 0.227. The van der Waals surface area contributed by atoms with E-state index in [4.69, 9.17) is 4.99 Å². The molecule has 1 atom stereocenters. The van der Waals surface area contributed by atoms with Crippen molar-refractivity contribution in [2.24, 2.45) is 4.99 Å². The molecule has 0 N–H and O–H groups in total. The van der Waals surface area contributed by atoms with Crippen LogP contribution in [0.1, 0.15) is 40.8 Å². The monoisotopic (exact) mass is 301 g/mol. The summed E-state index contributed by atoms with van der Waals surface area (Å²) in [7, 11) is 0. The summed E-state index contributed by atoms with van der Waals surface area (Å²) in [6.45, 7) is 8.68. The van der Waals surface area contributed by atoms with Crippen LogP contribution in [-0.4, -0.2) is 6.21 Å². The van der Waals surface area contributed by atoms with E-state index < -0.39 is 0 Å². The van der Waals surface area contributed by atoms with Gasteiger partial charge >= 0.3 is 0 Å². The second-order valence-corrected chi connectivity index (χ2v) is 6.33. The fourth-order valence-corrected chi connectivity index (χ4v) is 3.48. The van der Waals surface area contributed by atoms with Gasteiger partial charge in [0.2, 0.25) is 0 Å². The van der Waals surface area contributed by atoms with Crippen molar-refractivity contribution in [2.75, 3.05) is 0 Å². The van der Waals surface area contributed by atoms with Gasteiger partial charge in [-0.25, -0.2) is 0 Å². The standard InChI is InChI=1S/C22H23N/c1-15-12-16(2)22(17(3)13-15)18(4)23-14-20-10-7-9-19-8-5-6-11-21(19)20/h5-14,18H,1-4H3. The van der Waals surface area contributed by atoms with Crippen LogP contribution in [0.25, 0.3) is 10.8 Å². The first-order chi connectivity index (χ1) is 11.1. The highest BCUT2D eigenvalue weighted by Gasteiger charge is 2.10. The highest BCUT2D eigenvalue weighted by Crippen LogP contribution is 2.26. The Morgan fingerprint density at radius 1 is 0.870 bits per heavy atom. The zero-order chi connectivity index (χ0) is 16.4. The van der Waals surface area contributed by atoms with Crippen LogP contribution in [0, 0.1) is 20.8 Å². The molecule has 23 heavy (non-hydrogen) atoms. The average molecular weight is 301 g/mol. The van der Waals surface area contributed by atoms with Gasteiger partial charge in [0.05, 0.1) is 6.04 Å². The van der Waals surface area contributed by atoms with Gasteiger partial charge in [-0.1, -0.05) is 60.2 Å². The van der Waals surface area contributed by atoms with Gasteiger partial charge in [-0.15, -0.1) is 0 Å². The van der Waals surface area contributed by atoms with Crippen molar-refractivity contribution in [2.45, 2.75) is 33.7 Å². The summed E-state index contributed by atoms with van der Waals surface area (Å²) in [6.07, 6.45) is 2.02. The molecule has 1 heteroatoms. The number of aliphatic imine (C=N–C) groups is 1. The van der Waals surface area contributed by atoms with Gasteiger partial charge in [0.25, 0.3) is 0 Å². The van der Waals surface area contributed by atoms with Crippen LogP contribution < -0.4 is 0 Å². The smallest absolute Gasteiger partial charge is 0.0726 e. The van der Waals surface area contributed by atoms with Gasteiger partial charge in [-0.2, -0.15) is 0 Å². The highest BCUT2D eigenvalue weighted by molar-refractivity contribution is 5.99. The lowest BCUT2D eigenvalue weighted by Crippen LogP contribution is -1.99. The molecule has 0 aromatic heterocycles. The van der Waals surface area contributed by atoms with Crippen molar-refractivity contribution < 1.29 is 0 Å². The molecule has 3 rings (SSSR count). The van der Waals surface area contributed by atoms with Crippen molar-refractivity contribution in [1.29, 1.82) is 0 Å². The van der Waals surface area contributed by atoms with Crippen LogP contribution in [0.5, 0.6) is 0 Å². The van der Waals surface area contributed by atoms with E-state index in [0.29, 0.717) is 0 Å². The van der Waals surface area contributed by atoms with Crippen molar-refractivity contribution in [1.82, 2.24) is 0 Å². The molecule has 0 aliphatic heterocycles. The first-order valence-corrected chi connectivity index (χ1v) is 8.15. The van der Waals surface area contributed by atoms with E-state index in [1.807, 2.05) is 6.21 Å². The number of fused-ring (bicyclic) bond motifs is 1. The van der Waals surface area contributed by atoms with Crippen molar-refractivity contribution in [3.8, 4) is 0 Å². The predicted octanol–water partition coefficient (Wildman–Crippen LogP) is 5.95. The number of hydrogen-bond donors (Lipinski definition) is 0. The highest BCUT2D eigenvalue weighted by atomic mass is 14.8. The maximum absolute atomic E-state index is 4.84. The van der Waals surface area contributed by atoms with Crippen LogP contribution in [-0.2, 0) is 0 Å². The minimum absolute atomic E-state index is 0.162. The molecule has 1 nitrogen and oxygen atoms in total. The summed E-state index contributed by atoms with van der Waals surface area (Å²) in [4.78, 5) is 4.84. The Kier molecular flexibility index (Phi) is 4.29. The number of rotatable bonds is 3. The van der Waals surface area contributed by atoms with Crippen LogP contribution in [0.15, 0.2) is 59.6 Å². The second-order valence-electron chi connectivity index (χ2n) is 6.33. The van der Waals surface area contributed by atoms with E-state index in [1.54, 1.807) is 0 Å². The van der Waals surface area contributed by atoms with Crippen LogP contribution >= 0.6 is 0 Å². The van der Waals surface area contributed by atoms with Crippen molar-refractivity contribution in [3.63, 3.8) is 0 Å². The number of hydrogen-bond acceptors (Lipinski definition) is 1. The first-order valence-electron chi connectivity index (χ1n) is 8.15. The lowest BCUT2D eigenvalue weighted by Gasteiger charge is -2.15. The minimum Gasteiger partial charge on any atom is -0.285 e. The largest absolute Gasteiger partial charge is 0.285 e. The summed E-state index contributed by atoms with van der Waals surface area (Å²) in [5.41, 5.74) is 6.48. The molecule has 1 unspecified atom stereocenters. The Hall–Kier alpha value is -2.41. The molecular weight excluding hydrogens is 278 g/mol. The number of aryl methyl sites for hydroxylation is 3. The van der Waals surface area contributed by atoms with Gasteiger partial charge in [0.1, 0.15) is 0 Å². The fourth-order valence-electron chi connectivity index (χ4n) is 3.48. The molecule has 116 valence electrons. The third-order valence-corrected chi connectivity index (χ3v) is 4.42. The zero-order valence-corrected chi connectivity index (χ0v) is 14.3. The first kappa shape index (κ1) is 15.5. The molecular formula is C22H23N. The lowest BCUT2D eigenvalue weighted by molar-refractivity contribution is 0.807. The summed E-state index contributed by atoms with van der Waals surface area (Å²) < 4.78 is 0. The molecule has 3 aromatic rings. The summed E-state index contributed by atoms with van der Waals surface area (Å²) in [5.74, 6) is 0. The number of nitrogens with zero attached hydrogens (tertiary/aromatic N) is 1. The SMILES string of the molecule is Cc1cc(C)c(C(C)N=Cc2cccc3ccccc23)c(C)c1. The zero-order valence-electron chi connectivity index (χ0n) is 14.3. The van der Waals surface area contributed by atoms with E-state index in [9.17, 15) is 0 Å². The van der Waals surface area contributed by atoms with Crippen LogP contribution in [0.4, 0.5) is 0 Å². The van der Waals surface area contributed by atoms with E-state index in [-0.39, 0.29) is 6.04 Å². The molecule has 0 saturated carbocycles. The Morgan fingerprint density at radius 2 is 1.52 bits per heavy atom. The minimum atomic E-state index is 0.162. The van der Waals surface area contributed by atoms with E-state index >= 15 is 0 Å². The Bertz CT molecular complexity index is 846. The Labute approximate surface area is 138 Å². The van der Waals surface area contributed by atoms with Gasteiger partial charge in [0, 0.05) is 11.8 Å². The van der Waals surface area contributed by atoms with Crippen molar-refractivity contribution >= 4 is 17.0 Å². The van der Waals surface area contributed by atoms with Gasteiger partial charge in [-0.3, -0.25) is 4.99 Å². The summed E-state index contributed by atoms with van der Waals surface area (Å²) in [6, 6.07) is 19.5. The molecule has 0 saturated heterocycles. The Balaban J connectivity index is 1.96. The van der Waals surface area contributed by atoms with Gasteiger partial charge in [0.15, 0.2) is 0 Å². The van der Waals surface area contributed by atoms with Gasteiger partial charge in [-0.05, 0) is 55.2 Å². The molecule has 0 spiro atoms. The topological polar surface area (TPSA) is 12.4 Å². The molecule has 0 fully saturated rings. The van der Waals surface area contributed by atoms with Crippen LogP contribution in [0.2, 0.25) is 0 Å². The second kappa shape index (κ2) is 6.37. The quantitative estimate of drug-likeness (QED) is 0.530. The Morgan fingerprint density at radius 3 is 2.26 bits per heavy atom. The van der Waals surface area contributed by atoms with E-state index in [2.05, 4.69) is 82.3 Å². The lowest BCUT2D eigenvalue weighted by atomic mass is 9.95. The molecule has 0 amide bonds. The van der Waals surface area contributed by atoms with E-state index in [1.165, 1.54) is 38.6 Å². The average Bonchev–Trinajstić information content (AvgIpc) is 2.52. The molecule has 3 aromatic carbocycles. The molecule has 0 aliphatic carbocycles. The predicted molar refractivity (Wildman–Crippen MR) is 101 cm³/mol. The van der Waals surface area contributed by atoms with E-state index in [0.717, 1.165) is 0 Å². The summed E-state index contributed by atoms with van der Waals surface area (Å²) >= 11 is 0. The third kappa shape index (κ3) is 3.19. The summed E-state index contributed by atoms with van der Waals surface area (Å²) in [5, 5.41) is 2.51. The molecule has 0 bridgehead atoms. The van der Waals surface area contributed by atoms with Gasteiger partial charge < -0.3 is 0 Å². The van der Waals surface area contributed by atoms with Crippen molar-refractivity contribution in [3.05, 3.63) is 82.4 Å². The molecule has 0 heterocycles. The van der Waals surface area contributed by atoms with Crippen LogP contribution in [0.3, 0.4) is 0 Å². The third-order valence-electron chi connectivity index (χ3n) is 4.42. The molecule has 0 radical (unpaired) electrons. The molecule has 0 aliphatic rings.